The first kappa shape index (κ1) is 14.5. The zero-order valence-corrected chi connectivity index (χ0v) is 11.3. The van der Waals surface area contributed by atoms with Gasteiger partial charge in [-0.3, -0.25) is 4.79 Å². The number of hydrogen-bond donors (Lipinski definition) is 2. The van der Waals surface area contributed by atoms with Crippen LogP contribution in [0.25, 0.3) is 0 Å². The molecule has 4 nitrogen and oxygen atoms in total. The summed E-state index contributed by atoms with van der Waals surface area (Å²) in [5.41, 5.74) is 5.53. The second-order valence-electron chi connectivity index (χ2n) is 5.31. The molecule has 3 N–H and O–H groups in total. The highest BCUT2D eigenvalue weighted by Crippen LogP contribution is 2.36. The number of nitrogens with one attached hydrogen (secondary N) is 1. The van der Waals surface area contributed by atoms with E-state index >= 15 is 0 Å². The first-order valence-electron chi connectivity index (χ1n) is 6.82. The van der Waals surface area contributed by atoms with Crippen LogP contribution in [0.2, 0.25) is 0 Å². The van der Waals surface area contributed by atoms with Crippen molar-refractivity contribution < 1.29 is 9.18 Å². The van der Waals surface area contributed by atoms with Gasteiger partial charge in [-0.1, -0.05) is 19.3 Å². The number of nitrogens with zero attached hydrogens (tertiary/aromatic N) is 1. The number of nitriles is 1. The van der Waals surface area contributed by atoms with Crippen LogP contribution in [-0.2, 0) is 4.79 Å². The Morgan fingerprint density at radius 1 is 1.40 bits per heavy atom. The summed E-state index contributed by atoms with van der Waals surface area (Å²) in [4.78, 5) is 12.4. The molecule has 0 bridgehead atoms. The molecule has 1 aromatic rings. The van der Waals surface area contributed by atoms with E-state index in [4.69, 9.17) is 11.0 Å². The maximum atomic E-state index is 13.8. The topological polar surface area (TPSA) is 78.9 Å². The number of amides is 1. The number of carbonyl (C=O) groups is 1. The van der Waals surface area contributed by atoms with E-state index in [9.17, 15) is 9.18 Å². The lowest BCUT2D eigenvalue weighted by molar-refractivity contribution is -0.126. The molecule has 0 radical (unpaired) electrons. The molecule has 5 heteroatoms. The predicted octanol–water partition coefficient (Wildman–Crippen LogP) is 2.55. The largest absolute Gasteiger partial charge is 0.329 e. The molecule has 1 aliphatic rings. The van der Waals surface area contributed by atoms with Crippen molar-refractivity contribution in [3.05, 3.63) is 29.6 Å². The van der Waals surface area contributed by atoms with Crippen LogP contribution in [0, 0.1) is 22.6 Å². The molecular formula is C15H18FN3O. The molecule has 0 unspecified atom stereocenters. The highest BCUT2D eigenvalue weighted by atomic mass is 19.1. The normalized spacial score (nSPS) is 17.2. The smallest absolute Gasteiger partial charge is 0.231 e. The highest BCUT2D eigenvalue weighted by Gasteiger charge is 2.38. The molecule has 106 valence electrons. The number of rotatable bonds is 3. The van der Waals surface area contributed by atoms with Gasteiger partial charge in [-0.25, -0.2) is 4.39 Å². The molecule has 0 aromatic heterocycles. The summed E-state index contributed by atoms with van der Waals surface area (Å²) in [6.45, 7) is 0.275. The highest BCUT2D eigenvalue weighted by molar-refractivity contribution is 5.95. The van der Waals surface area contributed by atoms with E-state index in [2.05, 4.69) is 5.32 Å². The van der Waals surface area contributed by atoms with Gasteiger partial charge in [-0.15, -0.1) is 0 Å². The van der Waals surface area contributed by atoms with E-state index in [1.54, 1.807) is 0 Å². The second kappa shape index (κ2) is 6.02. The quantitative estimate of drug-likeness (QED) is 0.889. The van der Waals surface area contributed by atoms with Crippen LogP contribution in [0.4, 0.5) is 10.1 Å². The minimum atomic E-state index is -0.597. The molecule has 0 aliphatic heterocycles. The Hall–Kier alpha value is -1.93. The molecule has 1 fully saturated rings. The van der Waals surface area contributed by atoms with Crippen LogP contribution < -0.4 is 11.1 Å². The molecule has 2 rings (SSSR count). The number of carbonyl (C=O) groups excluding carboxylic acids is 1. The summed E-state index contributed by atoms with van der Waals surface area (Å²) in [6.07, 6.45) is 4.54. The predicted molar refractivity (Wildman–Crippen MR) is 74.3 cm³/mol. The van der Waals surface area contributed by atoms with Gasteiger partial charge in [0.25, 0.3) is 0 Å². The van der Waals surface area contributed by atoms with Crippen LogP contribution >= 0.6 is 0 Å². The SMILES string of the molecule is N#Cc1ccc(NC(=O)C2(CN)CCCCC2)c(F)c1. The molecule has 0 spiro atoms. The lowest BCUT2D eigenvalue weighted by Gasteiger charge is -2.34. The van der Waals surface area contributed by atoms with E-state index in [1.165, 1.54) is 12.1 Å². The lowest BCUT2D eigenvalue weighted by atomic mass is 9.73. The third kappa shape index (κ3) is 2.81. The van der Waals surface area contributed by atoms with E-state index in [0.717, 1.165) is 38.2 Å². The molecule has 0 saturated heterocycles. The molecule has 0 heterocycles. The van der Waals surface area contributed by atoms with Crippen LogP contribution in [0.15, 0.2) is 18.2 Å². The van der Waals surface area contributed by atoms with Crippen molar-refractivity contribution in [3.63, 3.8) is 0 Å². The summed E-state index contributed by atoms with van der Waals surface area (Å²) in [5, 5.41) is 11.3. The number of anilines is 1. The lowest BCUT2D eigenvalue weighted by Crippen LogP contribution is -2.44. The van der Waals surface area contributed by atoms with Gasteiger partial charge in [0, 0.05) is 6.54 Å². The first-order valence-corrected chi connectivity index (χ1v) is 6.82. The zero-order valence-electron chi connectivity index (χ0n) is 11.3. The van der Waals surface area contributed by atoms with Crippen molar-refractivity contribution in [2.75, 3.05) is 11.9 Å². The minimum Gasteiger partial charge on any atom is -0.329 e. The van der Waals surface area contributed by atoms with Crippen molar-refractivity contribution in [2.24, 2.45) is 11.1 Å². The van der Waals surface area contributed by atoms with Crippen LogP contribution in [-0.4, -0.2) is 12.5 Å². The maximum absolute atomic E-state index is 13.8. The van der Waals surface area contributed by atoms with E-state index in [0.29, 0.717) is 0 Å². The third-order valence-electron chi connectivity index (χ3n) is 4.03. The summed E-state index contributed by atoms with van der Waals surface area (Å²) in [6, 6.07) is 5.87. The number of benzene rings is 1. The minimum absolute atomic E-state index is 0.104. The molecule has 1 aromatic carbocycles. The van der Waals surface area contributed by atoms with Crippen LogP contribution in [0.1, 0.15) is 37.7 Å². The van der Waals surface area contributed by atoms with Crippen molar-refractivity contribution in [1.82, 2.24) is 0 Å². The Bertz CT molecular complexity index is 545. The Labute approximate surface area is 117 Å². The molecule has 1 saturated carbocycles. The Morgan fingerprint density at radius 2 is 2.10 bits per heavy atom. The van der Waals surface area contributed by atoms with Crippen molar-refractivity contribution in [1.29, 1.82) is 5.26 Å². The fraction of sp³-hybridized carbons (Fsp3) is 0.467. The van der Waals surface area contributed by atoms with E-state index in [1.807, 2.05) is 6.07 Å². The van der Waals surface area contributed by atoms with Crippen LogP contribution in [0.3, 0.4) is 0 Å². The van der Waals surface area contributed by atoms with Gasteiger partial charge in [-0.2, -0.15) is 5.26 Å². The zero-order chi connectivity index (χ0) is 14.6. The number of halogens is 1. The van der Waals surface area contributed by atoms with Gasteiger partial charge in [0.1, 0.15) is 5.82 Å². The second-order valence-corrected chi connectivity index (χ2v) is 5.31. The van der Waals surface area contributed by atoms with E-state index < -0.39 is 11.2 Å². The Kier molecular flexibility index (Phi) is 4.35. The van der Waals surface area contributed by atoms with Crippen molar-refractivity contribution >= 4 is 11.6 Å². The van der Waals surface area contributed by atoms with Gasteiger partial charge in [0.15, 0.2) is 0 Å². The molecular weight excluding hydrogens is 257 g/mol. The summed E-state index contributed by atoms with van der Waals surface area (Å²) in [5.74, 6) is -0.816. The van der Waals surface area contributed by atoms with Gasteiger partial charge in [0.05, 0.1) is 22.7 Å². The Morgan fingerprint density at radius 3 is 2.65 bits per heavy atom. The fourth-order valence-electron chi connectivity index (χ4n) is 2.69. The third-order valence-corrected chi connectivity index (χ3v) is 4.03. The molecule has 0 atom stereocenters. The molecule has 1 aliphatic carbocycles. The average molecular weight is 275 g/mol. The number of nitrogens with two attached hydrogens (primary N) is 1. The van der Waals surface area contributed by atoms with Gasteiger partial charge >= 0.3 is 0 Å². The maximum Gasteiger partial charge on any atom is 0.231 e. The standard InChI is InChI=1S/C15H18FN3O/c16-12-8-11(9-17)4-5-13(12)19-14(20)15(10-18)6-2-1-3-7-15/h4-5,8H,1-3,6-7,10,18H2,(H,19,20). The average Bonchev–Trinajstić information content (AvgIpc) is 2.49. The first-order chi connectivity index (χ1) is 9.61. The van der Waals surface area contributed by atoms with E-state index in [-0.39, 0.29) is 23.7 Å². The summed E-state index contributed by atoms with van der Waals surface area (Å²) in [7, 11) is 0. The molecule has 20 heavy (non-hydrogen) atoms. The number of hydrogen-bond acceptors (Lipinski definition) is 3. The van der Waals surface area contributed by atoms with Crippen LogP contribution in [0.5, 0.6) is 0 Å². The molecule has 1 amide bonds. The fourth-order valence-corrected chi connectivity index (χ4v) is 2.69. The van der Waals surface area contributed by atoms with Crippen molar-refractivity contribution in [2.45, 2.75) is 32.1 Å². The Balaban J connectivity index is 2.16. The van der Waals surface area contributed by atoms with Gasteiger partial charge in [-0.05, 0) is 31.0 Å². The van der Waals surface area contributed by atoms with Crippen molar-refractivity contribution in [3.8, 4) is 6.07 Å². The monoisotopic (exact) mass is 275 g/mol. The summed E-state index contributed by atoms with van der Waals surface area (Å²) < 4.78 is 13.8. The van der Waals surface area contributed by atoms with Gasteiger partial charge in [0.2, 0.25) is 5.91 Å². The van der Waals surface area contributed by atoms with Gasteiger partial charge < -0.3 is 11.1 Å². The summed E-state index contributed by atoms with van der Waals surface area (Å²) >= 11 is 0.